The molecule has 2 heterocycles. The highest BCUT2D eigenvalue weighted by Crippen LogP contribution is 2.52. The second kappa shape index (κ2) is 23.8. The van der Waals surface area contributed by atoms with Gasteiger partial charge in [-0.05, 0) is 75.0 Å². The Balaban J connectivity index is 0.859. The summed E-state index contributed by atoms with van der Waals surface area (Å²) in [5.74, 6) is 0.183. The number of carbonyl (C=O) groups is 4. The van der Waals surface area contributed by atoms with Crippen LogP contribution in [0.1, 0.15) is 64.2 Å². The number of likely N-dealkylation sites (tertiary alicyclic amines) is 2. The Morgan fingerprint density at radius 1 is 0.431 bits per heavy atom. The standard InChI is InChI=1S/C42H72N6O10/c43-11-17-53-23-25-55-19-13-45-35-9-7-33-37-29(35)3-1-5-31(37)39(49)47(41(33)51)15-21-57-27-28-58-22-16-48-40(50)32-6-2-4-30-36(10-8-34(38(30)32)42(48)52)46-14-20-56-26-24-54-18-12-44/h29-38,45-46H,1-28,43-44H2. The molecule has 4 amide bonds. The number of ether oxygens (including phenoxy) is 6. The number of piperidine rings is 2. The second-order valence-electron chi connectivity index (χ2n) is 17.0. The molecular weight excluding hydrogens is 748 g/mol. The third-order valence-corrected chi connectivity index (χ3v) is 13.8. The fourth-order valence-corrected chi connectivity index (χ4v) is 11.3. The molecule has 10 unspecified atom stereocenters. The smallest absolute Gasteiger partial charge is 0.232 e. The van der Waals surface area contributed by atoms with Crippen LogP contribution in [-0.2, 0) is 47.6 Å². The molecule has 0 aromatic heterocycles. The maximum absolute atomic E-state index is 13.7. The van der Waals surface area contributed by atoms with Crippen LogP contribution >= 0.6 is 0 Å². The molecule has 6 N–H and O–H groups in total. The van der Waals surface area contributed by atoms with E-state index in [2.05, 4.69) is 10.6 Å². The summed E-state index contributed by atoms with van der Waals surface area (Å²) in [4.78, 5) is 57.7. The minimum atomic E-state index is -0.116. The first-order chi connectivity index (χ1) is 28.5. The lowest BCUT2D eigenvalue weighted by Gasteiger charge is -2.53. The Bertz CT molecular complexity index is 1180. The molecule has 2 saturated heterocycles. The van der Waals surface area contributed by atoms with E-state index in [-0.39, 0.29) is 97.5 Å². The van der Waals surface area contributed by atoms with Gasteiger partial charge in [0.05, 0.1) is 92.4 Å². The van der Waals surface area contributed by atoms with Gasteiger partial charge in [0.1, 0.15) is 0 Å². The average Bonchev–Trinajstić information content (AvgIpc) is 3.24. The minimum Gasteiger partial charge on any atom is -0.378 e. The van der Waals surface area contributed by atoms with Gasteiger partial charge in [0.2, 0.25) is 23.6 Å². The van der Waals surface area contributed by atoms with Crippen molar-refractivity contribution in [3.63, 3.8) is 0 Å². The molecular formula is C42H72N6O10. The van der Waals surface area contributed by atoms with Crippen molar-refractivity contribution in [2.75, 3.05) is 119 Å². The van der Waals surface area contributed by atoms with Crippen molar-refractivity contribution in [2.45, 2.75) is 76.3 Å². The summed E-state index contributed by atoms with van der Waals surface area (Å²) >= 11 is 0. The third-order valence-electron chi connectivity index (χ3n) is 13.8. The molecule has 6 aliphatic rings. The Morgan fingerprint density at radius 3 is 1.16 bits per heavy atom. The Hall–Kier alpha value is -2.12. The van der Waals surface area contributed by atoms with Crippen molar-refractivity contribution in [3.05, 3.63) is 0 Å². The lowest BCUT2D eigenvalue weighted by atomic mass is 9.57. The van der Waals surface area contributed by atoms with Gasteiger partial charge in [-0.15, -0.1) is 0 Å². The number of nitrogens with one attached hydrogen (secondary N) is 2. The van der Waals surface area contributed by atoms with E-state index in [1.165, 1.54) is 9.80 Å². The van der Waals surface area contributed by atoms with Crippen molar-refractivity contribution < 1.29 is 47.6 Å². The molecule has 2 aliphatic heterocycles. The number of nitrogens with two attached hydrogens (primary N) is 2. The van der Waals surface area contributed by atoms with E-state index >= 15 is 0 Å². The fraction of sp³-hybridized carbons (Fsp3) is 0.905. The minimum absolute atomic E-state index is 0.0461. The zero-order valence-electron chi connectivity index (χ0n) is 34.7. The molecule has 330 valence electrons. The van der Waals surface area contributed by atoms with Crippen molar-refractivity contribution in [2.24, 2.45) is 58.8 Å². The summed E-state index contributed by atoms with van der Waals surface area (Å²) in [7, 11) is 0. The van der Waals surface area contributed by atoms with Gasteiger partial charge in [-0.3, -0.25) is 29.0 Å². The molecule has 0 bridgehead atoms. The largest absolute Gasteiger partial charge is 0.378 e. The molecule has 16 heteroatoms. The molecule has 16 nitrogen and oxygen atoms in total. The van der Waals surface area contributed by atoms with Crippen LogP contribution in [0.3, 0.4) is 0 Å². The zero-order chi connectivity index (χ0) is 40.7. The Labute approximate surface area is 344 Å². The number of rotatable bonds is 27. The van der Waals surface area contributed by atoms with Crippen molar-refractivity contribution in [1.29, 1.82) is 0 Å². The van der Waals surface area contributed by atoms with Gasteiger partial charge in [0.15, 0.2) is 0 Å². The highest BCUT2D eigenvalue weighted by Gasteiger charge is 2.56. The summed E-state index contributed by atoms with van der Waals surface area (Å²) < 4.78 is 33.8. The van der Waals surface area contributed by atoms with Crippen LogP contribution in [0.2, 0.25) is 0 Å². The second-order valence-corrected chi connectivity index (χ2v) is 17.0. The molecule has 10 atom stereocenters. The summed E-state index contributed by atoms with van der Waals surface area (Å²) in [6.07, 6.45) is 9.13. The lowest BCUT2D eigenvalue weighted by molar-refractivity contribution is -0.170. The number of hydrogen-bond acceptors (Lipinski definition) is 14. The van der Waals surface area contributed by atoms with E-state index < -0.39 is 0 Å². The first kappa shape index (κ1) is 45.4. The van der Waals surface area contributed by atoms with Gasteiger partial charge in [-0.2, -0.15) is 0 Å². The Morgan fingerprint density at radius 2 is 0.776 bits per heavy atom. The molecule has 4 saturated carbocycles. The molecule has 0 radical (unpaired) electrons. The van der Waals surface area contributed by atoms with E-state index in [1.807, 2.05) is 0 Å². The van der Waals surface area contributed by atoms with Crippen LogP contribution in [0.4, 0.5) is 0 Å². The Kier molecular flexibility index (Phi) is 18.6. The SMILES string of the molecule is NCCOCCOCCNC1CCC2C(=O)N(CCOCCOCCN3C(=O)C4CCCC5C(NCCOCCOCCN)CCC(C3=O)C45)C(=O)C3CCCC1C32. The van der Waals surface area contributed by atoms with Crippen LogP contribution < -0.4 is 22.1 Å². The van der Waals surface area contributed by atoms with Crippen molar-refractivity contribution >= 4 is 23.6 Å². The normalized spacial score (nSPS) is 32.1. The van der Waals surface area contributed by atoms with E-state index in [0.29, 0.717) is 91.0 Å². The first-order valence-corrected chi connectivity index (χ1v) is 22.5. The van der Waals surface area contributed by atoms with Crippen LogP contribution in [-0.4, -0.2) is 164 Å². The number of imide groups is 2. The summed E-state index contributed by atoms with van der Waals surface area (Å²) in [6.45, 7) is 8.45. The molecule has 6 rings (SSSR count). The quantitative estimate of drug-likeness (QED) is 0.0660. The van der Waals surface area contributed by atoms with Gasteiger partial charge in [-0.25, -0.2) is 0 Å². The van der Waals surface area contributed by atoms with Gasteiger partial charge in [0.25, 0.3) is 0 Å². The van der Waals surface area contributed by atoms with Crippen LogP contribution in [0, 0.1) is 47.3 Å². The van der Waals surface area contributed by atoms with Gasteiger partial charge >= 0.3 is 0 Å². The molecule has 0 aromatic rings. The van der Waals surface area contributed by atoms with Crippen LogP contribution in [0.15, 0.2) is 0 Å². The highest BCUT2D eigenvalue weighted by molar-refractivity contribution is 6.01. The van der Waals surface area contributed by atoms with Crippen LogP contribution in [0.5, 0.6) is 0 Å². The summed E-state index contributed by atoms with van der Waals surface area (Å²) in [5.41, 5.74) is 10.9. The lowest BCUT2D eigenvalue weighted by Crippen LogP contribution is -2.62. The number of nitrogens with zero attached hydrogens (tertiary/aromatic N) is 2. The molecule has 4 aliphatic carbocycles. The predicted molar refractivity (Wildman–Crippen MR) is 214 cm³/mol. The highest BCUT2D eigenvalue weighted by atomic mass is 16.5. The molecule has 58 heavy (non-hydrogen) atoms. The van der Waals surface area contributed by atoms with E-state index in [1.54, 1.807) is 0 Å². The molecule has 0 spiro atoms. The van der Waals surface area contributed by atoms with E-state index in [0.717, 1.165) is 77.3 Å². The first-order valence-electron chi connectivity index (χ1n) is 22.5. The van der Waals surface area contributed by atoms with Crippen molar-refractivity contribution in [1.82, 2.24) is 20.4 Å². The zero-order valence-corrected chi connectivity index (χ0v) is 34.7. The maximum Gasteiger partial charge on any atom is 0.232 e. The monoisotopic (exact) mass is 821 g/mol. The van der Waals surface area contributed by atoms with E-state index in [9.17, 15) is 19.2 Å². The summed E-state index contributed by atoms with van der Waals surface area (Å²) in [6, 6.07) is 0.578. The van der Waals surface area contributed by atoms with Gasteiger partial charge in [0, 0.05) is 61.9 Å². The fourth-order valence-electron chi connectivity index (χ4n) is 11.3. The number of carbonyl (C=O) groups excluding carboxylic acids is 4. The molecule has 6 fully saturated rings. The van der Waals surface area contributed by atoms with Crippen molar-refractivity contribution in [3.8, 4) is 0 Å². The van der Waals surface area contributed by atoms with Gasteiger partial charge in [-0.1, -0.05) is 12.8 Å². The molecule has 0 aromatic carbocycles. The maximum atomic E-state index is 13.7. The van der Waals surface area contributed by atoms with Crippen LogP contribution in [0.25, 0.3) is 0 Å². The van der Waals surface area contributed by atoms with Gasteiger partial charge < -0.3 is 50.5 Å². The van der Waals surface area contributed by atoms with E-state index in [4.69, 9.17) is 39.9 Å². The predicted octanol–water partition coefficient (Wildman–Crippen LogP) is 0.542. The third kappa shape index (κ3) is 11.4. The number of hydrogen-bond donors (Lipinski definition) is 4. The number of amides is 4. The topological polar surface area (TPSA) is 206 Å². The average molecular weight is 821 g/mol. The summed E-state index contributed by atoms with van der Waals surface area (Å²) in [5, 5.41) is 7.35.